The molecule has 1 aliphatic rings. The number of nitrogens with zero attached hydrogens (tertiary/aromatic N) is 3. The summed E-state index contributed by atoms with van der Waals surface area (Å²) < 4.78 is 0. The number of carbonyl (C=O) groups is 8. The van der Waals surface area contributed by atoms with Crippen LogP contribution in [0, 0.1) is 5.92 Å². The summed E-state index contributed by atoms with van der Waals surface area (Å²) in [6, 6.07) is -3.33. The zero-order valence-corrected chi connectivity index (χ0v) is 37.2. The minimum absolute atomic E-state index is 0.0267. The zero-order valence-electron chi connectivity index (χ0n) is 37.2. The molecule has 1 aromatic carbocycles. The summed E-state index contributed by atoms with van der Waals surface area (Å²) in [7, 11) is 0. The topological polar surface area (TPSA) is 406 Å². The first-order chi connectivity index (χ1) is 31.3. The molecule has 0 bridgehead atoms. The third-order valence-electron chi connectivity index (χ3n) is 11.1. The highest BCUT2D eigenvalue weighted by Crippen LogP contribution is 2.20. The van der Waals surface area contributed by atoms with E-state index in [0.29, 0.717) is 36.9 Å². The van der Waals surface area contributed by atoms with Crippen molar-refractivity contribution in [1.29, 1.82) is 0 Å². The van der Waals surface area contributed by atoms with Gasteiger partial charge in [-0.3, -0.25) is 38.6 Å². The number of H-pyrrole nitrogens is 1. The number of phenolic OH excluding ortho intramolecular Hbond substituents is 1. The molecular formula is C42H65N13O11. The smallest absolute Gasteiger partial charge is 0.326 e. The second kappa shape index (κ2) is 26.8. The number of amides is 6. The van der Waals surface area contributed by atoms with Crippen molar-refractivity contribution in [2.75, 3.05) is 19.6 Å². The molecule has 24 nitrogen and oxygen atoms in total. The lowest BCUT2D eigenvalue weighted by Crippen LogP contribution is -2.61. The van der Waals surface area contributed by atoms with Crippen LogP contribution in [-0.4, -0.2) is 145 Å². The molecule has 364 valence electrons. The van der Waals surface area contributed by atoms with Gasteiger partial charge in [-0.2, -0.15) is 0 Å². The highest BCUT2D eigenvalue weighted by Gasteiger charge is 2.40. The fourth-order valence-electron chi connectivity index (χ4n) is 7.24. The number of aliphatic carboxylic acids is 2. The molecule has 3 rings (SSSR count). The van der Waals surface area contributed by atoms with Gasteiger partial charge in [0.2, 0.25) is 35.4 Å². The number of aromatic hydroxyl groups is 1. The molecule has 0 unspecified atom stereocenters. The molecule has 1 aliphatic heterocycles. The van der Waals surface area contributed by atoms with Crippen LogP contribution in [0.1, 0.15) is 82.9 Å². The summed E-state index contributed by atoms with van der Waals surface area (Å²) in [5, 5.41) is 42.2. The van der Waals surface area contributed by atoms with Crippen LogP contribution in [0.4, 0.5) is 0 Å². The molecule has 2 aromatic rings. The fourth-order valence-corrected chi connectivity index (χ4v) is 7.24. The van der Waals surface area contributed by atoms with Gasteiger partial charge in [-0.15, -0.1) is 0 Å². The van der Waals surface area contributed by atoms with Crippen LogP contribution in [0.5, 0.6) is 5.75 Å². The lowest BCUT2D eigenvalue weighted by atomic mass is 9.96. The number of rotatable bonds is 28. The van der Waals surface area contributed by atoms with Gasteiger partial charge in [-0.25, -0.2) is 9.78 Å². The van der Waals surface area contributed by atoms with E-state index in [2.05, 4.69) is 41.5 Å². The number of imidazole rings is 1. The number of carboxylic acid groups (broad SMARTS) is 2. The number of aromatic amines is 1. The second-order valence-electron chi connectivity index (χ2n) is 16.2. The maximum absolute atomic E-state index is 14.4. The van der Waals surface area contributed by atoms with Crippen molar-refractivity contribution in [2.45, 2.75) is 127 Å². The van der Waals surface area contributed by atoms with Gasteiger partial charge in [0.05, 0.1) is 18.8 Å². The van der Waals surface area contributed by atoms with Crippen molar-refractivity contribution in [3.63, 3.8) is 0 Å². The number of aliphatic imine (C=N–C) groups is 1. The van der Waals surface area contributed by atoms with Gasteiger partial charge in [-0.1, -0.05) is 32.4 Å². The fraction of sp³-hybridized carbons (Fsp3) is 0.571. The molecular weight excluding hydrogens is 863 g/mol. The quantitative estimate of drug-likeness (QED) is 0.0237. The predicted octanol–water partition coefficient (Wildman–Crippen LogP) is -2.57. The minimum Gasteiger partial charge on any atom is -0.508 e. The van der Waals surface area contributed by atoms with Gasteiger partial charge in [0, 0.05) is 37.8 Å². The van der Waals surface area contributed by atoms with Crippen molar-refractivity contribution in [3.8, 4) is 5.75 Å². The number of carboxylic acids is 2. The van der Waals surface area contributed by atoms with E-state index in [4.69, 9.17) is 28.0 Å². The van der Waals surface area contributed by atoms with Gasteiger partial charge >= 0.3 is 11.9 Å². The van der Waals surface area contributed by atoms with Crippen molar-refractivity contribution < 1.29 is 53.7 Å². The molecule has 17 N–H and O–H groups in total. The number of nitrogens with two attached hydrogens (primary N) is 4. The monoisotopic (exact) mass is 927 g/mol. The van der Waals surface area contributed by atoms with Gasteiger partial charge in [0.25, 0.3) is 0 Å². The Labute approximate surface area is 381 Å². The lowest BCUT2D eigenvalue weighted by Gasteiger charge is -2.31. The van der Waals surface area contributed by atoms with E-state index in [0.717, 1.165) is 0 Å². The number of hydrogen-bond acceptors (Lipinski definition) is 13. The normalized spacial score (nSPS) is 16.5. The summed E-state index contributed by atoms with van der Waals surface area (Å²) in [5.41, 5.74) is 23.3. The van der Waals surface area contributed by atoms with E-state index in [1.165, 1.54) is 41.7 Å². The average Bonchev–Trinajstić information content (AvgIpc) is 3.99. The number of nitrogens with one attached hydrogen (secondary N) is 6. The maximum Gasteiger partial charge on any atom is 0.326 e. The molecule has 1 fully saturated rings. The Bertz CT molecular complexity index is 1980. The Hall–Kier alpha value is -6.82. The average molecular weight is 928 g/mol. The van der Waals surface area contributed by atoms with Crippen molar-refractivity contribution in [2.24, 2.45) is 33.8 Å². The number of unbranched alkanes of at least 4 members (excludes halogenated alkanes) is 1. The zero-order chi connectivity index (χ0) is 48.9. The van der Waals surface area contributed by atoms with E-state index in [9.17, 15) is 48.6 Å². The predicted molar refractivity (Wildman–Crippen MR) is 239 cm³/mol. The first-order valence-corrected chi connectivity index (χ1v) is 21.9. The summed E-state index contributed by atoms with van der Waals surface area (Å²) in [4.78, 5) is 119. The summed E-state index contributed by atoms with van der Waals surface area (Å²) in [6.45, 7) is 3.98. The number of phenols is 1. The number of hydrogen-bond donors (Lipinski definition) is 13. The molecule has 8 atom stereocenters. The van der Waals surface area contributed by atoms with Crippen LogP contribution >= 0.6 is 0 Å². The summed E-state index contributed by atoms with van der Waals surface area (Å²) >= 11 is 0. The second-order valence-corrected chi connectivity index (χ2v) is 16.2. The molecule has 2 heterocycles. The van der Waals surface area contributed by atoms with Crippen LogP contribution in [0.25, 0.3) is 0 Å². The Morgan fingerprint density at radius 3 is 2.02 bits per heavy atom. The van der Waals surface area contributed by atoms with Crippen LogP contribution in [0.15, 0.2) is 41.8 Å². The van der Waals surface area contributed by atoms with Gasteiger partial charge < -0.3 is 74.7 Å². The van der Waals surface area contributed by atoms with Gasteiger partial charge in [-0.05, 0) is 75.1 Å². The van der Waals surface area contributed by atoms with E-state index in [1.807, 2.05) is 0 Å². The van der Waals surface area contributed by atoms with E-state index in [-0.39, 0.29) is 69.9 Å². The lowest BCUT2D eigenvalue weighted by molar-refractivity contribution is -0.149. The van der Waals surface area contributed by atoms with Gasteiger partial charge in [0.1, 0.15) is 42.0 Å². The third-order valence-corrected chi connectivity index (χ3v) is 11.1. The first-order valence-electron chi connectivity index (χ1n) is 21.9. The molecule has 0 saturated carbocycles. The number of carbonyl (C=O) groups excluding carboxylic acids is 6. The number of guanidine groups is 1. The first kappa shape index (κ1) is 53.5. The Morgan fingerprint density at radius 1 is 0.833 bits per heavy atom. The van der Waals surface area contributed by atoms with E-state index >= 15 is 0 Å². The van der Waals surface area contributed by atoms with Crippen LogP contribution in [-0.2, 0) is 51.2 Å². The summed E-state index contributed by atoms with van der Waals surface area (Å²) in [6.07, 6.45) is 3.91. The minimum atomic E-state index is -1.50. The van der Waals surface area contributed by atoms with Crippen molar-refractivity contribution >= 4 is 53.3 Å². The Kier molecular flexibility index (Phi) is 21.8. The number of aromatic nitrogens is 2. The summed E-state index contributed by atoms with van der Waals surface area (Å²) in [5.74, 6) is -8.12. The number of likely N-dealkylation sites (tertiary alicyclic amines) is 1. The molecule has 24 heteroatoms. The highest BCUT2D eigenvalue weighted by atomic mass is 16.4. The molecule has 0 radical (unpaired) electrons. The molecule has 1 saturated heterocycles. The number of benzene rings is 1. The maximum atomic E-state index is 14.4. The van der Waals surface area contributed by atoms with E-state index < -0.39 is 102 Å². The van der Waals surface area contributed by atoms with E-state index in [1.54, 1.807) is 13.8 Å². The van der Waals surface area contributed by atoms with Crippen LogP contribution < -0.4 is 49.5 Å². The Morgan fingerprint density at radius 2 is 1.44 bits per heavy atom. The largest absolute Gasteiger partial charge is 0.508 e. The van der Waals surface area contributed by atoms with Gasteiger partial charge in [0.15, 0.2) is 5.96 Å². The molecule has 66 heavy (non-hydrogen) atoms. The molecule has 6 amide bonds. The molecule has 0 aliphatic carbocycles. The SMILES string of the molecule is CC[C@H](C)[C@H](NC(=O)[C@H](Cc1ccc(O)cc1)NC(=O)[C@H](CCCCN)NC(=O)[C@H](CCCN=C(N)N)NC(=O)[C@@H](N)CC(=O)O)C(=O)N[C@@H](Cc1cnc[nH]1)C(=O)N1CCC[C@H]1C(=O)O. The van der Waals surface area contributed by atoms with Crippen molar-refractivity contribution in [1.82, 2.24) is 41.5 Å². The molecule has 0 spiro atoms. The van der Waals surface area contributed by atoms with Crippen molar-refractivity contribution in [3.05, 3.63) is 48.0 Å². The molecule has 1 aromatic heterocycles. The Balaban J connectivity index is 1.94. The highest BCUT2D eigenvalue weighted by molar-refractivity contribution is 5.97. The third kappa shape index (κ3) is 17.3. The standard InChI is InChI=1S/C42H65N13O11/c1-3-23(2)34(39(63)53-31(19-25-21-47-22-49-25)40(64)55-17-7-10-32(55)41(65)66)54-38(62)30(18-24-11-13-26(56)14-12-24)52-37(61)28(8-4-5-15-43)51-36(60)29(9-6-16-48-42(45)46)50-35(59)27(44)20-33(57)58/h11-14,21-23,27-32,34,56H,3-10,15-20,43-44H2,1-2H3,(H,47,49)(H,50,59)(H,51,60)(H,52,61)(H,53,63)(H,54,62)(H,57,58)(H,65,66)(H4,45,46,48)/t23-,27-,28-,29-,30-,31-,32-,34-/m0/s1. The van der Waals surface area contributed by atoms with Crippen LogP contribution in [0.3, 0.4) is 0 Å². The van der Waals surface area contributed by atoms with Crippen LogP contribution in [0.2, 0.25) is 0 Å².